The summed E-state index contributed by atoms with van der Waals surface area (Å²) in [4.78, 5) is 14.4. The van der Waals surface area contributed by atoms with Crippen molar-refractivity contribution in [3.05, 3.63) is 46.7 Å². The molecule has 1 heterocycles. The van der Waals surface area contributed by atoms with Crippen LogP contribution in [0.4, 0.5) is 5.69 Å². The first-order valence-electron chi connectivity index (χ1n) is 6.18. The van der Waals surface area contributed by atoms with Crippen molar-refractivity contribution < 1.29 is 13.2 Å². The molecule has 2 aromatic rings. The molecule has 0 unspecified atom stereocenters. The zero-order chi connectivity index (χ0) is 15.6. The number of rotatable bonds is 4. The highest BCUT2D eigenvalue weighted by molar-refractivity contribution is 7.89. The minimum Gasteiger partial charge on any atom is -0.311 e. The molecule has 0 bridgehead atoms. The summed E-state index contributed by atoms with van der Waals surface area (Å²) in [5.41, 5.74) is 0.757. The molecule has 1 aromatic heterocycles. The predicted molar refractivity (Wildman–Crippen MR) is 84.4 cm³/mol. The van der Waals surface area contributed by atoms with E-state index in [1.807, 2.05) is 30.3 Å². The zero-order valence-corrected chi connectivity index (χ0v) is 13.6. The van der Waals surface area contributed by atoms with Gasteiger partial charge in [-0.25, -0.2) is 12.7 Å². The van der Waals surface area contributed by atoms with E-state index in [-0.39, 0.29) is 10.8 Å². The zero-order valence-electron chi connectivity index (χ0n) is 12.0. The summed E-state index contributed by atoms with van der Waals surface area (Å²) in [6.45, 7) is 0. The number of carbonyl (C=O) groups excluding carboxylic acids is 1. The second-order valence-corrected chi connectivity index (χ2v) is 7.70. The fourth-order valence-electron chi connectivity index (χ4n) is 1.71. The topological polar surface area (TPSA) is 57.7 Å². The van der Waals surface area contributed by atoms with Crippen LogP contribution in [-0.2, 0) is 10.0 Å². The van der Waals surface area contributed by atoms with Gasteiger partial charge in [-0.3, -0.25) is 4.79 Å². The van der Waals surface area contributed by atoms with Crippen molar-refractivity contribution >= 4 is 33.0 Å². The van der Waals surface area contributed by atoms with E-state index < -0.39 is 10.0 Å². The number of amides is 1. The maximum absolute atomic E-state index is 12.4. The van der Waals surface area contributed by atoms with E-state index in [1.165, 1.54) is 30.4 Å². The molecule has 0 spiro atoms. The van der Waals surface area contributed by atoms with Crippen LogP contribution in [0.5, 0.6) is 0 Å². The Morgan fingerprint density at radius 2 is 1.71 bits per heavy atom. The van der Waals surface area contributed by atoms with Crippen molar-refractivity contribution in [1.29, 1.82) is 0 Å². The second-order valence-electron chi connectivity index (χ2n) is 4.63. The van der Waals surface area contributed by atoms with Gasteiger partial charge in [0.1, 0.15) is 0 Å². The molecule has 2 rings (SSSR count). The Hall–Kier alpha value is -1.70. The van der Waals surface area contributed by atoms with E-state index in [1.54, 1.807) is 7.05 Å². The number of benzene rings is 1. The fourth-order valence-corrected chi connectivity index (χ4v) is 3.85. The van der Waals surface area contributed by atoms with Crippen molar-refractivity contribution in [1.82, 2.24) is 4.31 Å². The Bertz CT molecular complexity index is 737. The maximum atomic E-state index is 12.4. The summed E-state index contributed by atoms with van der Waals surface area (Å²) in [6.07, 6.45) is 0. The molecule has 0 atom stereocenters. The highest BCUT2D eigenvalue weighted by atomic mass is 32.2. The van der Waals surface area contributed by atoms with Gasteiger partial charge in [-0.05, 0) is 18.2 Å². The molecular weight excluding hydrogens is 308 g/mol. The maximum Gasteiger partial charge on any atom is 0.268 e. The van der Waals surface area contributed by atoms with Crippen LogP contribution in [0.2, 0.25) is 0 Å². The molecule has 0 aliphatic carbocycles. The summed E-state index contributed by atoms with van der Waals surface area (Å²) >= 11 is 1.13. The van der Waals surface area contributed by atoms with Crippen molar-refractivity contribution in [2.45, 2.75) is 4.90 Å². The van der Waals surface area contributed by atoms with Crippen molar-refractivity contribution in [2.75, 3.05) is 26.0 Å². The van der Waals surface area contributed by atoms with Crippen LogP contribution in [0.1, 0.15) is 9.67 Å². The minimum absolute atomic E-state index is 0.141. The molecular formula is C14H16N2O3S2. The van der Waals surface area contributed by atoms with Gasteiger partial charge in [0.2, 0.25) is 10.0 Å². The average molecular weight is 324 g/mol. The first kappa shape index (κ1) is 15.7. The summed E-state index contributed by atoms with van der Waals surface area (Å²) in [5.74, 6) is -0.230. The van der Waals surface area contributed by atoms with Gasteiger partial charge in [0, 0.05) is 32.2 Å². The molecule has 0 aliphatic heterocycles. The lowest BCUT2D eigenvalue weighted by Crippen LogP contribution is -2.25. The van der Waals surface area contributed by atoms with E-state index in [0.717, 1.165) is 21.3 Å². The van der Waals surface area contributed by atoms with E-state index >= 15 is 0 Å². The lowest BCUT2D eigenvalue weighted by Gasteiger charge is -2.16. The summed E-state index contributed by atoms with van der Waals surface area (Å²) in [7, 11) is 1.08. The van der Waals surface area contributed by atoms with Crippen molar-refractivity contribution in [3.63, 3.8) is 0 Å². The molecule has 0 radical (unpaired) electrons. The number of hydrogen-bond acceptors (Lipinski definition) is 4. The molecule has 0 saturated carbocycles. The predicted octanol–water partition coefficient (Wildman–Crippen LogP) is 2.28. The van der Waals surface area contributed by atoms with Crippen LogP contribution in [0.25, 0.3) is 0 Å². The highest BCUT2D eigenvalue weighted by Crippen LogP contribution is 2.24. The highest BCUT2D eigenvalue weighted by Gasteiger charge is 2.22. The van der Waals surface area contributed by atoms with Gasteiger partial charge >= 0.3 is 0 Å². The third kappa shape index (κ3) is 3.15. The number of para-hydroxylation sites is 1. The van der Waals surface area contributed by atoms with Crippen LogP contribution in [0, 0.1) is 0 Å². The quantitative estimate of drug-likeness (QED) is 0.867. The first-order chi connectivity index (χ1) is 9.84. The molecule has 0 N–H and O–H groups in total. The van der Waals surface area contributed by atoms with Crippen LogP contribution >= 0.6 is 11.3 Å². The molecule has 7 heteroatoms. The van der Waals surface area contributed by atoms with Gasteiger partial charge in [-0.2, -0.15) is 0 Å². The molecule has 112 valence electrons. The van der Waals surface area contributed by atoms with Gasteiger partial charge in [-0.15, -0.1) is 11.3 Å². The smallest absolute Gasteiger partial charge is 0.268 e. The van der Waals surface area contributed by atoms with Crippen molar-refractivity contribution in [2.24, 2.45) is 0 Å². The van der Waals surface area contributed by atoms with Gasteiger partial charge in [-0.1, -0.05) is 18.2 Å². The van der Waals surface area contributed by atoms with Crippen LogP contribution in [-0.4, -0.2) is 39.8 Å². The third-order valence-corrected chi connectivity index (χ3v) is 5.87. The van der Waals surface area contributed by atoms with E-state index in [2.05, 4.69) is 0 Å². The number of nitrogens with zero attached hydrogens (tertiary/aromatic N) is 2. The Labute approximate surface area is 128 Å². The molecule has 21 heavy (non-hydrogen) atoms. The van der Waals surface area contributed by atoms with Crippen molar-refractivity contribution in [3.8, 4) is 0 Å². The summed E-state index contributed by atoms with van der Waals surface area (Å²) in [5, 5.41) is 1.49. The fraction of sp³-hybridized carbons (Fsp3) is 0.214. The number of hydrogen-bond donors (Lipinski definition) is 0. The Balaban J connectivity index is 2.28. The average Bonchev–Trinajstić information content (AvgIpc) is 2.97. The summed E-state index contributed by atoms with van der Waals surface area (Å²) in [6, 6.07) is 10.6. The third-order valence-electron chi connectivity index (χ3n) is 3.01. The molecule has 0 aliphatic rings. The molecule has 0 fully saturated rings. The SMILES string of the molecule is CN(C(=O)c1cc(S(=O)(=O)N(C)C)cs1)c1ccccc1. The van der Waals surface area contributed by atoms with E-state index in [0.29, 0.717) is 4.88 Å². The normalized spacial score (nSPS) is 11.6. The lowest BCUT2D eigenvalue weighted by molar-refractivity contribution is 0.0996. The Morgan fingerprint density at radius 1 is 1.10 bits per heavy atom. The largest absolute Gasteiger partial charge is 0.311 e. The van der Waals surface area contributed by atoms with Gasteiger partial charge < -0.3 is 4.90 Å². The van der Waals surface area contributed by atoms with Crippen LogP contribution in [0.15, 0.2) is 46.7 Å². The molecule has 1 amide bonds. The number of carbonyl (C=O) groups is 1. The first-order valence-corrected chi connectivity index (χ1v) is 8.50. The lowest BCUT2D eigenvalue weighted by atomic mass is 10.3. The Kier molecular flexibility index (Phi) is 4.46. The second kappa shape index (κ2) is 5.97. The standard InChI is InChI=1S/C14H16N2O3S2/c1-15(2)21(18,19)12-9-13(20-10-12)14(17)16(3)11-7-5-4-6-8-11/h4-10H,1-3H3. The van der Waals surface area contributed by atoms with E-state index in [4.69, 9.17) is 0 Å². The number of thiophene rings is 1. The number of anilines is 1. The van der Waals surface area contributed by atoms with Gasteiger partial charge in [0.05, 0.1) is 9.77 Å². The van der Waals surface area contributed by atoms with Gasteiger partial charge in [0.15, 0.2) is 0 Å². The van der Waals surface area contributed by atoms with Gasteiger partial charge in [0.25, 0.3) is 5.91 Å². The van der Waals surface area contributed by atoms with E-state index in [9.17, 15) is 13.2 Å². The minimum atomic E-state index is -3.51. The molecule has 5 nitrogen and oxygen atoms in total. The molecule has 1 aromatic carbocycles. The molecule has 0 saturated heterocycles. The number of sulfonamides is 1. The van der Waals surface area contributed by atoms with Crippen LogP contribution < -0.4 is 4.90 Å². The monoisotopic (exact) mass is 324 g/mol. The van der Waals surface area contributed by atoms with Crippen LogP contribution in [0.3, 0.4) is 0 Å². The summed E-state index contributed by atoms with van der Waals surface area (Å²) < 4.78 is 25.2. The Morgan fingerprint density at radius 3 is 2.29 bits per heavy atom.